The Morgan fingerprint density at radius 1 is 0.377 bits per heavy atom. The Labute approximate surface area is 311 Å². The maximum absolute atomic E-state index is 2.42. The minimum atomic E-state index is 1.13. The normalized spacial score (nSPS) is 11.8. The Morgan fingerprint density at radius 3 is 1.83 bits per heavy atom. The summed E-state index contributed by atoms with van der Waals surface area (Å²) in [5.41, 5.74) is 9.45. The number of nitrogens with zero attached hydrogens (tertiary/aromatic N) is 2. The summed E-state index contributed by atoms with van der Waals surface area (Å²) in [7, 11) is 0. The Morgan fingerprint density at radius 2 is 1.00 bits per heavy atom. The van der Waals surface area contributed by atoms with Crippen LogP contribution < -0.4 is 4.90 Å². The molecule has 0 aliphatic carbocycles. The first-order chi connectivity index (χ1) is 26.3. The third-order valence-corrected chi connectivity index (χ3v) is 11.9. The van der Waals surface area contributed by atoms with E-state index < -0.39 is 0 Å². The van der Waals surface area contributed by atoms with Crippen LogP contribution in [0.15, 0.2) is 194 Å². The highest BCUT2D eigenvalue weighted by Crippen LogP contribution is 2.45. The highest BCUT2D eigenvalue weighted by molar-refractivity contribution is 7.26. The van der Waals surface area contributed by atoms with Gasteiger partial charge in [-0.3, -0.25) is 0 Å². The van der Waals surface area contributed by atoms with Gasteiger partial charge in [-0.05, 0) is 99.4 Å². The van der Waals surface area contributed by atoms with Gasteiger partial charge in [0.2, 0.25) is 0 Å². The second kappa shape index (κ2) is 11.9. The van der Waals surface area contributed by atoms with Gasteiger partial charge in [0.05, 0.1) is 21.4 Å². The third kappa shape index (κ3) is 4.86. The summed E-state index contributed by atoms with van der Waals surface area (Å²) in [5.74, 6) is 0. The minimum Gasteiger partial charge on any atom is -0.309 e. The molecule has 0 aliphatic heterocycles. The van der Waals surface area contributed by atoms with Crippen LogP contribution in [-0.2, 0) is 0 Å². The molecule has 0 fully saturated rings. The van der Waals surface area contributed by atoms with Crippen LogP contribution in [0.5, 0.6) is 0 Å². The van der Waals surface area contributed by atoms with Crippen molar-refractivity contribution in [3.8, 4) is 16.8 Å². The van der Waals surface area contributed by atoms with Crippen LogP contribution in [0.2, 0.25) is 0 Å². The van der Waals surface area contributed by atoms with E-state index in [4.69, 9.17) is 0 Å². The second-order valence-corrected chi connectivity index (χ2v) is 14.8. The van der Waals surface area contributed by atoms with Crippen LogP contribution in [-0.4, -0.2) is 4.57 Å². The first kappa shape index (κ1) is 30.0. The van der Waals surface area contributed by atoms with E-state index in [1.807, 2.05) is 11.3 Å². The van der Waals surface area contributed by atoms with Gasteiger partial charge in [0.1, 0.15) is 0 Å². The zero-order valence-corrected chi connectivity index (χ0v) is 29.6. The average molecular weight is 693 g/mol. The van der Waals surface area contributed by atoms with Gasteiger partial charge in [-0.1, -0.05) is 127 Å². The molecule has 11 aromatic rings. The van der Waals surface area contributed by atoms with Crippen LogP contribution in [0, 0.1) is 0 Å². The standard InChI is InChI=1S/C50H32N2S/c1-3-12-36-30-40(27-22-33(36)10-1)51(48-18-9-16-44-43-15-6-8-19-49(43)53-50(44)48)39-25-20-35(21-26-39)38-24-29-47-45(32-38)42-14-5-7-17-46(42)52(47)41-28-23-34-11-2-4-13-37(34)31-41/h1-32H. The molecule has 0 saturated carbocycles. The first-order valence-electron chi connectivity index (χ1n) is 18.1. The van der Waals surface area contributed by atoms with Crippen LogP contribution in [0.4, 0.5) is 17.1 Å². The second-order valence-electron chi connectivity index (χ2n) is 13.8. The molecule has 3 heteroatoms. The molecule has 0 amide bonds. The fraction of sp³-hybridized carbons (Fsp3) is 0. The summed E-state index contributed by atoms with van der Waals surface area (Å²) in [4.78, 5) is 2.42. The molecular weight excluding hydrogens is 661 g/mol. The van der Waals surface area contributed by atoms with Crippen LogP contribution >= 0.6 is 11.3 Å². The Kier molecular flexibility index (Phi) is 6.76. The van der Waals surface area contributed by atoms with Crippen molar-refractivity contribution in [2.24, 2.45) is 0 Å². The smallest absolute Gasteiger partial charge is 0.0640 e. The van der Waals surface area contributed by atoms with Crippen molar-refractivity contribution >= 4 is 91.9 Å². The molecule has 0 saturated heterocycles. The Hall–Kier alpha value is -6.68. The number of anilines is 3. The van der Waals surface area contributed by atoms with Gasteiger partial charge < -0.3 is 9.47 Å². The van der Waals surface area contributed by atoms with Gasteiger partial charge in [0.15, 0.2) is 0 Å². The molecule has 0 atom stereocenters. The summed E-state index contributed by atoms with van der Waals surface area (Å²) in [6, 6.07) is 71.0. The van der Waals surface area contributed by atoms with E-state index in [9.17, 15) is 0 Å². The molecule has 0 spiro atoms. The van der Waals surface area contributed by atoms with E-state index in [0.29, 0.717) is 0 Å². The molecule has 0 unspecified atom stereocenters. The predicted octanol–water partition coefficient (Wildman–Crippen LogP) is 14.6. The highest BCUT2D eigenvalue weighted by Gasteiger charge is 2.19. The number of hydrogen-bond donors (Lipinski definition) is 0. The number of rotatable bonds is 5. The minimum absolute atomic E-state index is 1.13. The number of thiophene rings is 1. The molecule has 53 heavy (non-hydrogen) atoms. The van der Waals surface area contributed by atoms with Crippen LogP contribution in [0.1, 0.15) is 0 Å². The van der Waals surface area contributed by atoms with Crippen molar-refractivity contribution in [1.29, 1.82) is 0 Å². The monoisotopic (exact) mass is 692 g/mol. The van der Waals surface area contributed by atoms with Crippen LogP contribution in [0.3, 0.4) is 0 Å². The van der Waals surface area contributed by atoms with Gasteiger partial charge in [0.25, 0.3) is 0 Å². The number of hydrogen-bond acceptors (Lipinski definition) is 2. The average Bonchev–Trinajstić information content (AvgIpc) is 3.77. The molecule has 2 aromatic heterocycles. The lowest BCUT2D eigenvalue weighted by Gasteiger charge is -2.26. The van der Waals surface area contributed by atoms with E-state index in [1.54, 1.807) is 0 Å². The maximum atomic E-state index is 2.42. The largest absolute Gasteiger partial charge is 0.309 e. The van der Waals surface area contributed by atoms with Crippen molar-refractivity contribution < 1.29 is 0 Å². The number of fused-ring (bicyclic) bond motifs is 8. The SMILES string of the molecule is c1ccc2cc(N(c3ccc(-c4ccc5c(c4)c4ccccc4n5-c4ccc5ccccc5c4)cc3)c3cccc4c3sc3ccccc34)ccc2c1. The van der Waals surface area contributed by atoms with E-state index in [1.165, 1.54) is 86.0 Å². The lowest BCUT2D eigenvalue weighted by Crippen LogP contribution is -2.10. The molecule has 248 valence electrons. The zero-order valence-electron chi connectivity index (χ0n) is 28.8. The van der Waals surface area contributed by atoms with E-state index in [2.05, 4.69) is 204 Å². The molecule has 0 N–H and O–H groups in total. The predicted molar refractivity (Wildman–Crippen MR) is 229 cm³/mol. The van der Waals surface area contributed by atoms with E-state index in [0.717, 1.165) is 11.4 Å². The van der Waals surface area contributed by atoms with Crippen molar-refractivity contribution in [1.82, 2.24) is 4.57 Å². The van der Waals surface area contributed by atoms with Crippen molar-refractivity contribution in [3.63, 3.8) is 0 Å². The molecular formula is C50H32N2S. The van der Waals surface area contributed by atoms with Gasteiger partial charge >= 0.3 is 0 Å². The quantitative estimate of drug-likeness (QED) is 0.174. The molecule has 2 heterocycles. The summed E-state index contributed by atoms with van der Waals surface area (Å²) in [5, 5.41) is 10.1. The fourth-order valence-corrected chi connectivity index (χ4v) is 9.41. The molecule has 2 nitrogen and oxygen atoms in total. The van der Waals surface area contributed by atoms with Gasteiger partial charge in [-0.15, -0.1) is 11.3 Å². The number of aromatic nitrogens is 1. The lowest BCUT2D eigenvalue weighted by molar-refractivity contribution is 1.19. The highest BCUT2D eigenvalue weighted by atomic mass is 32.1. The third-order valence-electron chi connectivity index (χ3n) is 10.7. The summed E-state index contributed by atoms with van der Waals surface area (Å²) in [6.07, 6.45) is 0. The van der Waals surface area contributed by atoms with Crippen molar-refractivity contribution in [2.45, 2.75) is 0 Å². The Bertz CT molecular complexity index is 3180. The summed E-state index contributed by atoms with van der Waals surface area (Å²) in [6.45, 7) is 0. The zero-order chi connectivity index (χ0) is 34.9. The topological polar surface area (TPSA) is 8.17 Å². The van der Waals surface area contributed by atoms with Gasteiger partial charge in [-0.25, -0.2) is 0 Å². The molecule has 0 bridgehead atoms. The van der Waals surface area contributed by atoms with E-state index >= 15 is 0 Å². The van der Waals surface area contributed by atoms with Gasteiger partial charge in [0, 0.05) is 43.3 Å². The first-order valence-corrected chi connectivity index (χ1v) is 18.9. The maximum Gasteiger partial charge on any atom is 0.0640 e. The molecule has 9 aromatic carbocycles. The van der Waals surface area contributed by atoms with Gasteiger partial charge in [-0.2, -0.15) is 0 Å². The lowest BCUT2D eigenvalue weighted by atomic mass is 10.0. The summed E-state index contributed by atoms with van der Waals surface area (Å²) >= 11 is 1.87. The summed E-state index contributed by atoms with van der Waals surface area (Å²) < 4.78 is 5.00. The number of benzene rings is 9. The molecule has 11 rings (SSSR count). The number of para-hydroxylation sites is 1. The van der Waals surface area contributed by atoms with Crippen molar-refractivity contribution in [2.75, 3.05) is 4.90 Å². The molecule has 0 aliphatic rings. The fourth-order valence-electron chi connectivity index (χ4n) is 8.20. The van der Waals surface area contributed by atoms with Crippen LogP contribution in [0.25, 0.3) is 80.3 Å². The molecule has 0 radical (unpaired) electrons. The van der Waals surface area contributed by atoms with Crippen molar-refractivity contribution in [3.05, 3.63) is 194 Å². The Balaban J connectivity index is 1.04. The van der Waals surface area contributed by atoms with E-state index in [-0.39, 0.29) is 0 Å².